The average molecular weight is 384 g/mol. The Morgan fingerprint density at radius 3 is 2.24 bits per heavy atom. The summed E-state index contributed by atoms with van der Waals surface area (Å²) in [6.45, 7) is 0.454. The fourth-order valence-electron chi connectivity index (χ4n) is 3.11. The molecule has 1 aromatic heterocycles. The molecule has 0 aliphatic carbocycles. The number of hydrogen-bond donors (Lipinski definition) is 2. The van der Waals surface area contributed by atoms with Crippen molar-refractivity contribution in [2.45, 2.75) is 6.42 Å². The molecular formula is C23H20N4O2. The Bertz CT molecular complexity index is 1090. The average Bonchev–Trinajstić information content (AvgIpc) is 3.22. The number of aromatic hydroxyl groups is 1. The van der Waals surface area contributed by atoms with Crippen molar-refractivity contribution in [1.29, 1.82) is 0 Å². The Labute approximate surface area is 168 Å². The van der Waals surface area contributed by atoms with Gasteiger partial charge in [-0.05, 0) is 36.2 Å². The number of amides is 1. The zero-order chi connectivity index (χ0) is 20.1. The molecule has 4 rings (SSSR count). The molecule has 0 radical (unpaired) electrons. The zero-order valence-corrected chi connectivity index (χ0v) is 15.7. The number of rotatable bonds is 6. The van der Waals surface area contributed by atoms with E-state index in [0.717, 1.165) is 16.8 Å². The minimum absolute atomic E-state index is 0.225. The molecule has 0 spiro atoms. The second kappa shape index (κ2) is 8.39. The Balaban J connectivity index is 1.59. The first kappa shape index (κ1) is 18.4. The number of carbonyl (C=O) groups excluding carboxylic acids is 1. The number of nitrogens with zero attached hydrogens (tertiary/aromatic N) is 3. The molecule has 6 heteroatoms. The van der Waals surface area contributed by atoms with Gasteiger partial charge in [-0.1, -0.05) is 65.9 Å². The lowest BCUT2D eigenvalue weighted by atomic mass is 10.1. The molecule has 0 saturated heterocycles. The third-order valence-electron chi connectivity index (χ3n) is 4.57. The SMILES string of the molecule is O=C(NCCc1ccc(O)cc1)c1nnn(-c2ccccc2)c1-c1ccccc1. The van der Waals surface area contributed by atoms with Gasteiger partial charge in [0.05, 0.1) is 5.69 Å². The second-order valence-electron chi connectivity index (χ2n) is 6.57. The van der Waals surface area contributed by atoms with Crippen molar-refractivity contribution in [3.63, 3.8) is 0 Å². The molecule has 6 nitrogen and oxygen atoms in total. The molecule has 3 aromatic carbocycles. The number of aromatic nitrogens is 3. The van der Waals surface area contributed by atoms with Gasteiger partial charge in [-0.3, -0.25) is 4.79 Å². The van der Waals surface area contributed by atoms with Crippen LogP contribution in [0.25, 0.3) is 16.9 Å². The summed E-state index contributed by atoms with van der Waals surface area (Å²) in [5, 5.41) is 20.7. The second-order valence-corrected chi connectivity index (χ2v) is 6.57. The van der Waals surface area contributed by atoms with Gasteiger partial charge in [0.2, 0.25) is 0 Å². The monoisotopic (exact) mass is 384 g/mol. The summed E-state index contributed by atoms with van der Waals surface area (Å²) < 4.78 is 1.68. The summed E-state index contributed by atoms with van der Waals surface area (Å²) in [7, 11) is 0. The highest BCUT2D eigenvalue weighted by molar-refractivity contribution is 5.98. The third kappa shape index (κ3) is 4.16. The van der Waals surface area contributed by atoms with E-state index in [-0.39, 0.29) is 17.4 Å². The van der Waals surface area contributed by atoms with Crippen LogP contribution in [0.5, 0.6) is 5.75 Å². The molecule has 0 aliphatic heterocycles. The van der Waals surface area contributed by atoms with Crippen molar-refractivity contribution >= 4 is 5.91 Å². The Morgan fingerprint density at radius 1 is 0.897 bits per heavy atom. The van der Waals surface area contributed by atoms with Crippen LogP contribution in [-0.4, -0.2) is 32.6 Å². The number of benzene rings is 3. The van der Waals surface area contributed by atoms with E-state index in [9.17, 15) is 9.90 Å². The van der Waals surface area contributed by atoms with Gasteiger partial charge < -0.3 is 10.4 Å². The first-order chi connectivity index (χ1) is 14.2. The fourth-order valence-corrected chi connectivity index (χ4v) is 3.11. The van der Waals surface area contributed by atoms with Crippen LogP contribution in [0.3, 0.4) is 0 Å². The van der Waals surface area contributed by atoms with Gasteiger partial charge in [0.25, 0.3) is 5.91 Å². The molecule has 0 saturated carbocycles. The van der Waals surface area contributed by atoms with Crippen LogP contribution in [-0.2, 0) is 6.42 Å². The van der Waals surface area contributed by atoms with Crippen molar-refractivity contribution in [3.05, 3.63) is 96.2 Å². The van der Waals surface area contributed by atoms with Gasteiger partial charge in [0.15, 0.2) is 5.69 Å². The Kier molecular flexibility index (Phi) is 5.33. The summed E-state index contributed by atoms with van der Waals surface area (Å²) in [6.07, 6.45) is 0.652. The topological polar surface area (TPSA) is 80.0 Å². The number of nitrogens with one attached hydrogen (secondary N) is 1. The quantitative estimate of drug-likeness (QED) is 0.532. The van der Waals surface area contributed by atoms with Gasteiger partial charge in [-0.15, -0.1) is 5.10 Å². The van der Waals surface area contributed by atoms with Crippen molar-refractivity contribution in [2.24, 2.45) is 0 Å². The summed E-state index contributed by atoms with van der Waals surface area (Å²) in [5.74, 6) is -0.0485. The zero-order valence-electron chi connectivity index (χ0n) is 15.7. The van der Waals surface area contributed by atoms with Crippen LogP contribution in [0.4, 0.5) is 0 Å². The maximum atomic E-state index is 12.9. The summed E-state index contributed by atoms with van der Waals surface area (Å²) in [5.41, 5.74) is 3.66. The van der Waals surface area contributed by atoms with Crippen molar-refractivity contribution < 1.29 is 9.90 Å². The molecule has 144 valence electrons. The first-order valence-corrected chi connectivity index (χ1v) is 9.35. The summed E-state index contributed by atoms with van der Waals surface area (Å²) in [4.78, 5) is 12.9. The fraction of sp³-hybridized carbons (Fsp3) is 0.0870. The van der Waals surface area contributed by atoms with Crippen LogP contribution in [0.2, 0.25) is 0 Å². The number of phenols is 1. The Hall–Kier alpha value is -3.93. The van der Waals surface area contributed by atoms with Crippen molar-refractivity contribution in [1.82, 2.24) is 20.3 Å². The maximum absolute atomic E-state index is 12.9. The van der Waals surface area contributed by atoms with Gasteiger partial charge in [0.1, 0.15) is 11.4 Å². The van der Waals surface area contributed by atoms with E-state index in [4.69, 9.17) is 0 Å². The highest BCUT2D eigenvalue weighted by Gasteiger charge is 2.21. The van der Waals surface area contributed by atoms with Crippen LogP contribution in [0.1, 0.15) is 16.1 Å². The lowest BCUT2D eigenvalue weighted by Gasteiger charge is -2.09. The molecule has 1 amide bonds. The van der Waals surface area contributed by atoms with E-state index in [0.29, 0.717) is 18.7 Å². The molecule has 0 fully saturated rings. The van der Waals surface area contributed by atoms with E-state index < -0.39 is 0 Å². The number of carbonyl (C=O) groups is 1. The summed E-state index contributed by atoms with van der Waals surface area (Å²) in [6, 6.07) is 26.2. The molecule has 0 unspecified atom stereocenters. The smallest absolute Gasteiger partial charge is 0.274 e. The van der Waals surface area contributed by atoms with Crippen LogP contribution < -0.4 is 5.32 Å². The molecule has 1 heterocycles. The predicted octanol–water partition coefficient (Wildman–Crippen LogP) is 3.61. The summed E-state index contributed by atoms with van der Waals surface area (Å²) >= 11 is 0. The highest BCUT2D eigenvalue weighted by atomic mass is 16.3. The first-order valence-electron chi connectivity index (χ1n) is 9.35. The molecule has 2 N–H and O–H groups in total. The minimum Gasteiger partial charge on any atom is -0.508 e. The number of hydrogen-bond acceptors (Lipinski definition) is 4. The van der Waals surface area contributed by atoms with Gasteiger partial charge in [-0.2, -0.15) is 0 Å². The Morgan fingerprint density at radius 2 is 1.55 bits per heavy atom. The van der Waals surface area contributed by atoms with Gasteiger partial charge >= 0.3 is 0 Å². The molecular weight excluding hydrogens is 364 g/mol. The van der Waals surface area contributed by atoms with E-state index in [2.05, 4.69) is 15.6 Å². The maximum Gasteiger partial charge on any atom is 0.274 e. The minimum atomic E-state index is -0.273. The van der Waals surface area contributed by atoms with E-state index in [1.54, 1.807) is 16.8 Å². The molecule has 0 bridgehead atoms. The van der Waals surface area contributed by atoms with Gasteiger partial charge in [-0.25, -0.2) is 4.68 Å². The van der Waals surface area contributed by atoms with Crippen LogP contribution >= 0.6 is 0 Å². The van der Waals surface area contributed by atoms with Crippen molar-refractivity contribution in [3.8, 4) is 22.7 Å². The van der Waals surface area contributed by atoms with E-state index >= 15 is 0 Å². The number of phenolic OH excluding ortho intramolecular Hbond substituents is 1. The molecule has 0 aliphatic rings. The third-order valence-corrected chi connectivity index (χ3v) is 4.57. The largest absolute Gasteiger partial charge is 0.508 e. The lowest BCUT2D eigenvalue weighted by Crippen LogP contribution is -2.26. The van der Waals surface area contributed by atoms with E-state index in [1.807, 2.05) is 72.8 Å². The van der Waals surface area contributed by atoms with Crippen LogP contribution in [0.15, 0.2) is 84.9 Å². The van der Waals surface area contributed by atoms with Crippen LogP contribution in [0, 0.1) is 0 Å². The molecule has 29 heavy (non-hydrogen) atoms. The number of para-hydroxylation sites is 1. The predicted molar refractivity (Wildman–Crippen MR) is 111 cm³/mol. The normalized spacial score (nSPS) is 10.6. The lowest BCUT2D eigenvalue weighted by molar-refractivity contribution is 0.0949. The molecule has 0 atom stereocenters. The highest BCUT2D eigenvalue weighted by Crippen LogP contribution is 2.25. The molecule has 4 aromatic rings. The standard InChI is InChI=1S/C23H20N4O2/c28-20-13-11-17(12-14-20)15-16-24-23(29)21-22(18-7-3-1-4-8-18)27(26-25-21)19-9-5-2-6-10-19/h1-14,28H,15-16H2,(H,24,29). The van der Waals surface area contributed by atoms with Gasteiger partial charge in [0, 0.05) is 12.1 Å². The van der Waals surface area contributed by atoms with Crippen molar-refractivity contribution in [2.75, 3.05) is 6.54 Å². The van der Waals surface area contributed by atoms with E-state index in [1.165, 1.54) is 0 Å².